The van der Waals surface area contributed by atoms with E-state index in [0.29, 0.717) is 18.7 Å². The number of pyridine rings is 1. The zero-order valence-corrected chi connectivity index (χ0v) is 15.9. The molecular formula is C20H19F6N3O. The van der Waals surface area contributed by atoms with E-state index >= 15 is 0 Å². The molecule has 30 heavy (non-hydrogen) atoms. The molecule has 0 aliphatic heterocycles. The van der Waals surface area contributed by atoms with E-state index in [4.69, 9.17) is 0 Å². The van der Waals surface area contributed by atoms with Gasteiger partial charge in [0.25, 0.3) is 5.91 Å². The van der Waals surface area contributed by atoms with Gasteiger partial charge in [0, 0.05) is 32.5 Å². The van der Waals surface area contributed by atoms with Crippen molar-refractivity contribution in [2.45, 2.75) is 13.1 Å². The number of hydrogen-bond donors (Lipinski definition) is 1. The van der Waals surface area contributed by atoms with Crippen LogP contribution in [0.3, 0.4) is 0 Å². The molecule has 0 atom stereocenters. The van der Waals surface area contributed by atoms with Crippen LogP contribution in [0.4, 0.5) is 32.2 Å². The summed E-state index contributed by atoms with van der Waals surface area (Å²) in [6.45, 7) is 5.13. The number of rotatable bonds is 6. The molecule has 0 bridgehead atoms. The number of carbonyl (C=O) groups excluding carboxylic acids is 1. The summed E-state index contributed by atoms with van der Waals surface area (Å²) in [5, 5.41) is 2.11. The SMILES string of the molecule is C=C(/C=C(/c1ccc(NC(=O)c2c(F)ccc(F)c2F)nc1)N(C)CC)C(F)(F)F.[HH]. The van der Waals surface area contributed by atoms with Crippen molar-refractivity contribution in [3.63, 3.8) is 0 Å². The summed E-state index contributed by atoms with van der Waals surface area (Å²) >= 11 is 0. The highest BCUT2D eigenvalue weighted by atomic mass is 19.4. The molecule has 2 aromatic rings. The molecule has 0 saturated carbocycles. The molecular weight excluding hydrogens is 412 g/mol. The largest absolute Gasteiger partial charge is 0.415 e. The average molecular weight is 431 g/mol. The number of alkyl halides is 3. The number of nitrogens with zero attached hydrogens (tertiary/aromatic N) is 2. The fraction of sp³-hybridized carbons (Fsp3) is 0.200. The molecule has 0 aliphatic carbocycles. The van der Waals surface area contributed by atoms with Crippen LogP contribution in [-0.2, 0) is 0 Å². The minimum Gasteiger partial charge on any atom is -0.374 e. The minimum atomic E-state index is -4.61. The molecule has 0 unspecified atom stereocenters. The zero-order chi connectivity index (χ0) is 22.6. The lowest BCUT2D eigenvalue weighted by Gasteiger charge is -2.22. The van der Waals surface area contributed by atoms with Gasteiger partial charge in [-0.05, 0) is 37.3 Å². The van der Waals surface area contributed by atoms with Gasteiger partial charge in [-0.25, -0.2) is 18.2 Å². The Morgan fingerprint density at radius 1 is 1.20 bits per heavy atom. The summed E-state index contributed by atoms with van der Waals surface area (Å²) in [5.74, 6) is -5.71. The minimum absolute atomic E-state index is 0. The van der Waals surface area contributed by atoms with E-state index < -0.39 is 40.7 Å². The molecule has 1 heterocycles. The summed E-state index contributed by atoms with van der Waals surface area (Å²) in [5.41, 5.74) is -1.72. The van der Waals surface area contributed by atoms with Crippen LogP contribution in [0.25, 0.3) is 5.70 Å². The number of nitrogens with one attached hydrogen (secondary N) is 1. The van der Waals surface area contributed by atoms with Crippen molar-refractivity contribution in [1.82, 2.24) is 9.88 Å². The van der Waals surface area contributed by atoms with E-state index in [9.17, 15) is 31.1 Å². The Balaban J connectivity index is 0.00000480. The second-order valence-electron chi connectivity index (χ2n) is 6.17. The van der Waals surface area contributed by atoms with Crippen LogP contribution >= 0.6 is 0 Å². The number of allylic oxidation sites excluding steroid dienone is 2. The van der Waals surface area contributed by atoms with Gasteiger partial charge in [0.1, 0.15) is 17.2 Å². The second kappa shape index (κ2) is 9.02. The highest BCUT2D eigenvalue weighted by Crippen LogP contribution is 2.29. The molecule has 4 nitrogen and oxygen atoms in total. The van der Waals surface area contributed by atoms with Crippen molar-refractivity contribution in [2.75, 3.05) is 18.9 Å². The number of benzene rings is 1. The quantitative estimate of drug-likeness (QED) is 0.378. The molecule has 1 aromatic carbocycles. The normalized spacial score (nSPS) is 11.9. The van der Waals surface area contributed by atoms with E-state index in [0.717, 1.165) is 6.08 Å². The Kier molecular flexibility index (Phi) is 6.91. The summed E-state index contributed by atoms with van der Waals surface area (Å²) < 4.78 is 79.2. The predicted octanol–water partition coefficient (Wildman–Crippen LogP) is 5.41. The third-order valence-corrected chi connectivity index (χ3v) is 4.13. The lowest BCUT2D eigenvalue weighted by molar-refractivity contribution is -0.0878. The van der Waals surface area contributed by atoms with Crippen molar-refractivity contribution < 1.29 is 32.6 Å². The Hall–Kier alpha value is -3.30. The summed E-state index contributed by atoms with van der Waals surface area (Å²) in [6.07, 6.45) is -2.58. The lowest BCUT2D eigenvalue weighted by Crippen LogP contribution is -2.19. The second-order valence-corrected chi connectivity index (χ2v) is 6.17. The summed E-state index contributed by atoms with van der Waals surface area (Å²) in [6, 6.07) is 3.75. The van der Waals surface area contributed by atoms with Gasteiger partial charge in [0.05, 0.1) is 5.57 Å². The molecule has 0 radical (unpaired) electrons. The molecule has 10 heteroatoms. The Labute approximate surface area is 170 Å². The Bertz CT molecular complexity index is 990. The first-order valence-electron chi connectivity index (χ1n) is 8.55. The van der Waals surface area contributed by atoms with Gasteiger partial charge in [-0.2, -0.15) is 13.2 Å². The van der Waals surface area contributed by atoms with Crippen molar-refractivity contribution in [3.05, 3.63) is 77.3 Å². The Morgan fingerprint density at radius 2 is 1.83 bits per heavy atom. The van der Waals surface area contributed by atoms with Gasteiger partial charge >= 0.3 is 6.18 Å². The number of halogens is 6. The summed E-state index contributed by atoms with van der Waals surface area (Å²) in [7, 11) is 1.57. The third kappa shape index (κ3) is 5.19. The smallest absolute Gasteiger partial charge is 0.374 e. The number of aromatic nitrogens is 1. The topological polar surface area (TPSA) is 45.2 Å². The van der Waals surface area contributed by atoms with E-state index in [1.54, 1.807) is 14.0 Å². The van der Waals surface area contributed by atoms with Crippen LogP contribution in [0.2, 0.25) is 0 Å². The molecule has 1 aromatic heterocycles. The maximum absolute atomic E-state index is 13.7. The van der Waals surface area contributed by atoms with Crippen LogP contribution in [-0.4, -0.2) is 35.6 Å². The van der Waals surface area contributed by atoms with Crippen molar-refractivity contribution >= 4 is 17.4 Å². The van der Waals surface area contributed by atoms with Gasteiger partial charge in [-0.15, -0.1) is 0 Å². The van der Waals surface area contributed by atoms with Crippen molar-refractivity contribution in [2.24, 2.45) is 0 Å². The standard InChI is InChI=1S/C20H17F6N3O.H2/c1-4-29(3)15(9-11(2)20(24,25)26)12-5-8-16(27-10-12)28-19(30)17-13(21)6-7-14(22)18(17)23;/h5-10H,2,4H2,1,3H3,(H,27,28,30);1H/b15-9-;. The first-order chi connectivity index (χ1) is 14.0. The molecule has 0 spiro atoms. The summed E-state index contributed by atoms with van der Waals surface area (Å²) in [4.78, 5) is 17.5. The maximum atomic E-state index is 13.7. The van der Waals surface area contributed by atoms with E-state index in [1.807, 2.05) is 0 Å². The van der Waals surface area contributed by atoms with Crippen LogP contribution < -0.4 is 5.32 Å². The fourth-order valence-corrected chi connectivity index (χ4v) is 2.36. The van der Waals surface area contributed by atoms with Gasteiger partial charge in [-0.3, -0.25) is 4.79 Å². The van der Waals surface area contributed by atoms with Crippen LogP contribution in [0.5, 0.6) is 0 Å². The molecule has 0 saturated heterocycles. The highest BCUT2D eigenvalue weighted by Gasteiger charge is 2.31. The van der Waals surface area contributed by atoms with Gasteiger partial charge in [0.2, 0.25) is 0 Å². The fourth-order valence-electron chi connectivity index (χ4n) is 2.36. The lowest BCUT2D eigenvalue weighted by atomic mass is 10.1. The monoisotopic (exact) mass is 431 g/mol. The first-order valence-corrected chi connectivity index (χ1v) is 8.55. The van der Waals surface area contributed by atoms with E-state index in [2.05, 4.69) is 16.9 Å². The molecule has 0 aliphatic rings. The number of hydrogen-bond acceptors (Lipinski definition) is 3. The highest BCUT2D eigenvalue weighted by molar-refractivity contribution is 6.04. The molecule has 1 amide bonds. The number of carbonyl (C=O) groups is 1. The van der Waals surface area contributed by atoms with E-state index in [-0.39, 0.29) is 18.5 Å². The zero-order valence-electron chi connectivity index (χ0n) is 15.9. The van der Waals surface area contributed by atoms with Gasteiger partial charge < -0.3 is 10.2 Å². The Morgan fingerprint density at radius 3 is 2.37 bits per heavy atom. The molecule has 1 N–H and O–H groups in total. The van der Waals surface area contributed by atoms with Crippen molar-refractivity contribution in [1.29, 1.82) is 0 Å². The molecule has 2 rings (SSSR count). The van der Waals surface area contributed by atoms with Crippen molar-refractivity contribution in [3.8, 4) is 0 Å². The van der Waals surface area contributed by atoms with E-state index in [1.165, 1.54) is 23.2 Å². The third-order valence-electron chi connectivity index (χ3n) is 4.13. The number of amides is 1. The predicted molar refractivity (Wildman–Crippen MR) is 102 cm³/mol. The van der Waals surface area contributed by atoms with Crippen LogP contribution in [0, 0.1) is 17.5 Å². The average Bonchev–Trinajstić information content (AvgIpc) is 2.68. The maximum Gasteiger partial charge on any atom is 0.415 e. The van der Waals surface area contributed by atoms with Crippen LogP contribution in [0.1, 0.15) is 24.3 Å². The molecule has 162 valence electrons. The first kappa shape index (κ1) is 23.0. The molecule has 0 fully saturated rings. The van der Waals surface area contributed by atoms with Gasteiger partial charge in [0.15, 0.2) is 11.6 Å². The van der Waals surface area contributed by atoms with Gasteiger partial charge in [-0.1, -0.05) is 6.58 Å². The van der Waals surface area contributed by atoms with Crippen LogP contribution in [0.15, 0.2) is 48.7 Å². The number of anilines is 1.